The number of rotatable bonds is 9. The van der Waals surface area contributed by atoms with Crippen LogP contribution in [0, 0.1) is 10.1 Å². The number of nitrogens with one attached hydrogen (secondary N) is 5. The van der Waals surface area contributed by atoms with Gasteiger partial charge in [-0.05, 0) is 42.5 Å². The molecule has 0 spiro atoms. The SMILES string of the molecule is O=C(CSCC(=O)Nc1ccc(NS(=O)O)cc1)NNC(=S)Nc1cccc([N+](=O)[O-])c1. The second-order valence-corrected chi connectivity index (χ2v) is 8.00. The molecule has 170 valence electrons. The fourth-order valence-electron chi connectivity index (χ4n) is 2.18. The molecular formula is C17H18N6O6S3. The van der Waals surface area contributed by atoms with Crippen molar-refractivity contribution in [3.8, 4) is 0 Å². The highest BCUT2D eigenvalue weighted by molar-refractivity contribution is 8.00. The molecule has 0 radical (unpaired) electrons. The molecule has 15 heteroatoms. The van der Waals surface area contributed by atoms with Gasteiger partial charge in [-0.3, -0.25) is 39.8 Å². The van der Waals surface area contributed by atoms with Gasteiger partial charge in [0.2, 0.25) is 11.8 Å². The van der Waals surface area contributed by atoms with Crippen LogP contribution < -0.4 is 26.2 Å². The van der Waals surface area contributed by atoms with E-state index in [2.05, 4.69) is 26.2 Å². The zero-order valence-corrected chi connectivity index (χ0v) is 18.6. The van der Waals surface area contributed by atoms with Crippen molar-refractivity contribution < 1.29 is 23.3 Å². The molecule has 32 heavy (non-hydrogen) atoms. The lowest BCUT2D eigenvalue weighted by Crippen LogP contribution is -2.44. The number of thiocarbonyl (C=S) groups is 1. The van der Waals surface area contributed by atoms with E-state index >= 15 is 0 Å². The summed E-state index contributed by atoms with van der Waals surface area (Å²) in [6, 6.07) is 11.9. The van der Waals surface area contributed by atoms with E-state index in [9.17, 15) is 23.9 Å². The number of benzene rings is 2. The van der Waals surface area contributed by atoms with Crippen LogP contribution in [0.5, 0.6) is 0 Å². The third kappa shape index (κ3) is 9.25. The molecule has 2 aromatic rings. The van der Waals surface area contributed by atoms with Crippen molar-refractivity contribution in [3.63, 3.8) is 0 Å². The molecule has 0 bridgehead atoms. The van der Waals surface area contributed by atoms with E-state index in [4.69, 9.17) is 16.8 Å². The number of nitrogens with zero attached hydrogens (tertiary/aromatic N) is 1. The second-order valence-electron chi connectivity index (χ2n) is 5.90. The first kappa shape index (κ1) is 25.0. The van der Waals surface area contributed by atoms with Gasteiger partial charge in [-0.2, -0.15) is 0 Å². The summed E-state index contributed by atoms with van der Waals surface area (Å²) in [6.45, 7) is 0. The summed E-state index contributed by atoms with van der Waals surface area (Å²) in [5.41, 5.74) is 6.01. The smallest absolute Gasteiger partial charge is 0.271 e. The summed E-state index contributed by atoms with van der Waals surface area (Å²) in [5.74, 6) is -0.765. The van der Waals surface area contributed by atoms with Gasteiger partial charge in [0.05, 0.1) is 16.4 Å². The Morgan fingerprint density at radius 3 is 2.31 bits per heavy atom. The monoisotopic (exact) mass is 498 g/mol. The maximum atomic E-state index is 11.9. The number of nitro groups is 1. The van der Waals surface area contributed by atoms with E-state index in [-0.39, 0.29) is 28.2 Å². The fourth-order valence-corrected chi connectivity index (χ4v) is 3.30. The molecule has 0 saturated heterocycles. The van der Waals surface area contributed by atoms with Crippen molar-refractivity contribution in [1.29, 1.82) is 0 Å². The van der Waals surface area contributed by atoms with Crippen LogP contribution in [0.2, 0.25) is 0 Å². The Hall–Kier alpha value is -3.27. The number of anilines is 3. The van der Waals surface area contributed by atoms with Crippen LogP contribution in [-0.4, -0.2) is 42.1 Å². The maximum Gasteiger partial charge on any atom is 0.271 e. The van der Waals surface area contributed by atoms with Crippen LogP contribution in [0.1, 0.15) is 0 Å². The Bertz CT molecular complexity index is 1020. The Labute approximate surface area is 194 Å². The number of amides is 2. The molecule has 6 N–H and O–H groups in total. The van der Waals surface area contributed by atoms with E-state index in [1.165, 1.54) is 30.3 Å². The topological polar surface area (TPSA) is 175 Å². The molecule has 1 unspecified atom stereocenters. The second kappa shape index (κ2) is 12.6. The average molecular weight is 499 g/mol. The number of non-ortho nitro benzene ring substituents is 1. The van der Waals surface area contributed by atoms with Crippen molar-refractivity contribution in [3.05, 3.63) is 58.6 Å². The lowest BCUT2D eigenvalue weighted by Gasteiger charge is -2.11. The van der Waals surface area contributed by atoms with Gasteiger partial charge in [0.25, 0.3) is 17.0 Å². The molecule has 1 atom stereocenters. The van der Waals surface area contributed by atoms with Crippen molar-refractivity contribution in [2.45, 2.75) is 0 Å². The van der Waals surface area contributed by atoms with E-state index in [1.807, 2.05) is 0 Å². The summed E-state index contributed by atoms with van der Waals surface area (Å²) >= 11 is 3.90. The van der Waals surface area contributed by atoms with Crippen LogP contribution in [0.15, 0.2) is 48.5 Å². The Kier molecular flexibility index (Phi) is 9.80. The zero-order chi connectivity index (χ0) is 23.5. The van der Waals surface area contributed by atoms with Crippen LogP contribution in [0.3, 0.4) is 0 Å². The van der Waals surface area contributed by atoms with E-state index in [1.54, 1.807) is 18.2 Å². The lowest BCUT2D eigenvalue weighted by atomic mass is 10.3. The molecule has 0 aromatic heterocycles. The van der Waals surface area contributed by atoms with Crippen LogP contribution in [0.25, 0.3) is 0 Å². The van der Waals surface area contributed by atoms with Gasteiger partial charge in [-0.15, -0.1) is 11.8 Å². The van der Waals surface area contributed by atoms with Crippen LogP contribution in [-0.2, 0) is 20.9 Å². The van der Waals surface area contributed by atoms with Crippen molar-refractivity contribution >= 4 is 74.9 Å². The van der Waals surface area contributed by atoms with E-state index in [0.29, 0.717) is 17.1 Å². The minimum atomic E-state index is -2.18. The molecule has 2 amide bonds. The minimum absolute atomic E-state index is 0.0183. The first-order chi connectivity index (χ1) is 15.2. The van der Waals surface area contributed by atoms with Crippen LogP contribution in [0.4, 0.5) is 22.7 Å². The predicted octanol–water partition coefficient (Wildman–Crippen LogP) is 1.83. The number of thioether (sulfide) groups is 1. The normalized spacial score (nSPS) is 11.0. The van der Waals surface area contributed by atoms with Gasteiger partial charge in [0, 0.05) is 29.2 Å². The standard InChI is InChI=1S/C17H18N6O6S3/c24-15(18-11-4-6-12(7-5-11)22-32(28)29)9-31-10-16(25)20-21-17(30)19-13-2-1-3-14(8-13)23(26)27/h1-8,22H,9-10H2,(H,18,24)(H,20,25)(H,28,29)(H2,19,21,30). The highest BCUT2D eigenvalue weighted by Crippen LogP contribution is 2.17. The van der Waals surface area contributed by atoms with Gasteiger partial charge in [0.15, 0.2) is 5.11 Å². The number of carbonyl (C=O) groups excluding carboxylic acids is 2. The molecule has 0 fully saturated rings. The summed E-state index contributed by atoms with van der Waals surface area (Å²) in [5, 5.41) is 16.1. The molecule has 2 rings (SSSR count). The molecule has 0 heterocycles. The first-order valence-electron chi connectivity index (χ1n) is 8.68. The quantitative estimate of drug-likeness (QED) is 0.129. The number of hydrazine groups is 1. The van der Waals surface area contributed by atoms with Gasteiger partial charge < -0.3 is 10.6 Å². The first-order valence-corrected chi connectivity index (χ1v) is 11.4. The average Bonchev–Trinajstić information content (AvgIpc) is 2.73. The number of carbonyl (C=O) groups is 2. The largest absolute Gasteiger partial charge is 0.331 e. The Morgan fingerprint density at radius 2 is 1.66 bits per heavy atom. The molecule has 12 nitrogen and oxygen atoms in total. The van der Waals surface area contributed by atoms with Crippen molar-refractivity contribution in [1.82, 2.24) is 10.9 Å². The maximum absolute atomic E-state index is 11.9. The van der Waals surface area contributed by atoms with E-state index < -0.39 is 22.1 Å². The number of hydrogen-bond donors (Lipinski definition) is 6. The summed E-state index contributed by atoms with van der Waals surface area (Å²) in [4.78, 5) is 34.0. The van der Waals surface area contributed by atoms with Crippen LogP contribution >= 0.6 is 24.0 Å². The third-order valence-corrected chi connectivity index (χ3v) is 5.02. The summed E-state index contributed by atoms with van der Waals surface area (Å²) in [7, 11) is 0. The van der Waals surface area contributed by atoms with Gasteiger partial charge >= 0.3 is 0 Å². The zero-order valence-electron chi connectivity index (χ0n) is 16.2. The van der Waals surface area contributed by atoms with Crippen molar-refractivity contribution in [2.75, 3.05) is 26.9 Å². The van der Waals surface area contributed by atoms with Gasteiger partial charge in [-0.1, -0.05) is 6.07 Å². The predicted molar refractivity (Wildman–Crippen MR) is 127 cm³/mol. The highest BCUT2D eigenvalue weighted by Gasteiger charge is 2.09. The summed E-state index contributed by atoms with van der Waals surface area (Å²) < 4.78 is 21.7. The van der Waals surface area contributed by atoms with Gasteiger partial charge in [0.1, 0.15) is 0 Å². The summed E-state index contributed by atoms with van der Waals surface area (Å²) in [6.07, 6.45) is 0. The van der Waals surface area contributed by atoms with E-state index in [0.717, 1.165) is 11.8 Å². The molecule has 0 aliphatic rings. The number of hydrogen-bond acceptors (Lipinski definition) is 7. The van der Waals surface area contributed by atoms with Gasteiger partial charge in [-0.25, -0.2) is 4.21 Å². The molecule has 0 aliphatic heterocycles. The van der Waals surface area contributed by atoms with Crippen molar-refractivity contribution in [2.24, 2.45) is 0 Å². The molecule has 0 aliphatic carbocycles. The Balaban J connectivity index is 1.65. The Morgan fingerprint density at radius 1 is 1.00 bits per heavy atom. The molecule has 2 aromatic carbocycles. The molecule has 0 saturated carbocycles. The molecular weight excluding hydrogens is 480 g/mol. The lowest BCUT2D eigenvalue weighted by molar-refractivity contribution is -0.384. The number of nitro benzene ring substituents is 1. The third-order valence-electron chi connectivity index (χ3n) is 3.47. The fraction of sp³-hybridized carbons (Fsp3) is 0.118. The highest BCUT2D eigenvalue weighted by atomic mass is 32.2. The minimum Gasteiger partial charge on any atom is -0.331 e.